The van der Waals surface area contributed by atoms with Gasteiger partial charge in [0.05, 0.1) is 0 Å². The summed E-state index contributed by atoms with van der Waals surface area (Å²) in [6.45, 7) is 2.24. The first-order valence-corrected chi connectivity index (χ1v) is 10.4. The van der Waals surface area contributed by atoms with Crippen LogP contribution in [0, 0.1) is 17.8 Å². The number of unbranched alkanes of at least 4 members (excludes halogenated alkanes) is 2. The van der Waals surface area contributed by atoms with Crippen LogP contribution in [0.3, 0.4) is 0 Å². The minimum absolute atomic E-state index is 0.397. The first-order valence-electron chi connectivity index (χ1n) is 10.4. The molecule has 0 saturated heterocycles. The number of Topliss-reactive ketones (excluding diaryl/α,β-unsaturated/α-hetero) is 1. The standard InChI is InChI=1S/C23H34O/c1-2-3-5-10-21-15-16-22(17-23(21)24)20-13-11-19(12-14-20)18-8-6-4-7-9-18/h4,6-9,19-22H,2-3,5,10-17H2,1H3/t19?,20?,21-,22-/m1/s1. The molecule has 0 radical (unpaired) electrons. The van der Waals surface area contributed by atoms with Crippen molar-refractivity contribution in [1.29, 1.82) is 0 Å². The second-order valence-corrected chi connectivity index (χ2v) is 8.22. The van der Waals surface area contributed by atoms with Crippen LogP contribution in [0.25, 0.3) is 0 Å². The van der Waals surface area contributed by atoms with E-state index < -0.39 is 0 Å². The molecule has 1 heteroatoms. The zero-order valence-corrected chi connectivity index (χ0v) is 15.4. The highest BCUT2D eigenvalue weighted by Crippen LogP contribution is 2.43. The number of rotatable bonds is 6. The Bertz CT molecular complexity index is 498. The first kappa shape index (κ1) is 17.7. The van der Waals surface area contributed by atoms with Crippen molar-refractivity contribution in [2.45, 2.75) is 83.5 Å². The highest BCUT2D eigenvalue weighted by atomic mass is 16.1. The van der Waals surface area contributed by atoms with Gasteiger partial charge in [0.25, 0.3) is 0 Å². The molecule has 0 unspecified atom stereocenters. The molecule has 2 fully saturated rings. The molecule has 0 bridgehead atoms. The summed E-state index contributed by atoms with van der Waals surface area (Å²) in [5, 5.41) is 0. The Balaban J connectivity index is 1.45. The normalized spacial score (nSPS) is 31.1. The molecule has 0 amide bonds. The molecular formula is C23H34O. The van der Waals surface area contributed by atoms with E-state index in [1.54, 1.807) is 0 Å². The van der Waals surface area contributed by atoms with Crippen LogP contribution in [-0.2, 0) is 4.79 Å². The van der Waals surface area contributed by atoms with E-state index >= 15 is 0 Å². The summed E-state index contributed by atoms with van der Waals surface area (Å²) in [6.07, 6.45) is 13.6. The van der Waals surface area contributed by atoms with Crippen LogP contribution in [0.4, 0.5) is 0 Å². The SMILES string of the molecule is CCCCC[C@@H]1CC[C@@H](C2CCC(c3ccccc3)CC2)CC1=O. The molecule has 0 spiro atoms. The molecule has 3 rings (SSSR count). The second-order valence-electron chi connectivity index (χ2n) is 8.22. The van der Waals surface area contributed by atoms with Gasteiger partial charge in [-0.25, -0.2) is 0 Å². The largest absolute Gasteiger partial charge is 0.299 e. The lowest BCUT2D eigenvalue weighted by atomic mass is 9.67. The van der Waals surface area contributed by atoms with Crippen LogP contribution < -0.4 is 0 Å². The molecule has 0 heterocycles. The molecule has 1 aromatic rings. The lowest BCUT2D eigenvalue weighted by Crippen LogP contribution is -2.31. The number of hydrogen-bond donors (Lipinski definition) is 0. The quantitative estimate of drug-likeness (QED) is 0.543. The Hall–Kier alpha value is -1.11. The van der Waals surface area contributed by atoms with Crippen molar-refractivity contribution < 1.29 is 4.79 Å². The van der Waals surface area contributed by atoms with Gasteiger partial charge in [-0.3, -0.25) is 4.79 Å². The summed E-state index contributed by atoms with van der Waals surface area (Å²) >= 11 is 0. The zero-order chi connectivity index (χ0) is 16.8. The number of benzene rings is 1. The van der Waals surface area contributed by atoms with Crippen molar-refractivity contribution >= 4 is 5.78 Å². The molecule has 1 aromatic carbocycles. The highest BCUT2D eigenvalue weighted by molar-refractivity contribution is 5.81. The molecule has 2 aliphatic rings. The Kier molecular flexibility index (Phi) is 6.51. The van der Waals surface area contributed by atoms with Crippen LogP contribution >= 0.6 is 0 Å². The maximum absolute atomic E-state index is 12.5. The fourth-order valence-electron chi connectivity index (χ4n) is 5.10. The Labute approximate surface area is 148 Å². The average Bonchev–Trinajstić information content (AvgIpc) is 2.64. The zero-order valence-electron chi connectivity index (χ0n) is 15.4. The topological polar surface area (TPSA) is 17.1 Å². The smallest absolute Gasteiger partial charge is 0.136 e. The molecule has 2 saturated carbocycles. The van der Waals surface area contributed by atoms with Crippen LogP contribution in [0.15, 0.2) is 30.3 Å². The van der Waals surface area contributed by atoms with Crippen LogP contribution in [0.1, 0.15) is 89.0 Å². The van der Waals surface area contributed by atoms with E-state index in [0.29, 0.717) is 17.6 Å². The van der Waals surface area contributed by atoms with Gasteiger partial charge in [0, 0.05) is 12.3 Å². The van der Waals surface area contributed by atoms with E-state index in [4.69, 9.17) is 0 Å². The maximum Gasteiger partial charge on any atom is 0.136 e. The number of carbonyl (C=O) groups is 1. The van der Waals surface area contributed by atoms with Crippen molar-refractivity contribution in [3.05, 3.63) is 35.9 Å². The van der Waals surface area contributed by atoms with Crippen LogP contribution in [-0.4, -0.2) is 5.78 Å². The lowest BCUT2D eigenvalue weighted by Gasteiger charge is -2.37. The van der Waals surface area contributed by atoms with Crippen molar-refractivity contribution in [1.82, 2.24) is 0 Å². The van der Waals surface area contributed by atoms with E-state index in [1.165, 1.54) is 63.4 Å². The summed E-state index contributed by atoms with van der Waals surface area (Å²) in [5.74, 6) is 3.24. The van der Waals surface area contributed by atoms with E-state index in [9.17, 15) is 4.79 Å². The third-order valence-electron chi connectivity index (χ3n) is 6.67. The van der Waals surface area contributed by atoms with Crippen molar-refractivity contribution in [3.63, 3.8) is 0 Å². The predicted molar refractivity (Wildman–Crippen MR) is 101 cm³/mol. The predicted octanol–water partition coefficient (Wildman–Crippen LogP) is 6.53. The summed E-state index contributed by atoms with van der Waals surface area (Å²) in [7, 11) is 0. The van der Waals surface area contributed by atoms with Gasteiger partial charge in [0.15, 0.2) is 0 Å². The van der Waals surface area contributed by atoms with Gasteiger partial charge in [-0.1, -0.05) is 56.5 Å². The van der Waals surface area contributed by atoms with Gasteiger partial charge >= 0.3 is 0 Å². The minimum atomic E-state index is 0.397. The van der Waals surface area contributed by atoms with Gasteiger partial charge in [-0.05, 0) is 68.3 Å². The highest BCUT2D eigenvalue weighted by Gasteiger charge is 2.34. The summed E-state index contributed by atoms with van der Waals surface area (Å²) < 4.78 is 0. The third kappa shape index (κ3) is 4.49. The summed E-state index contributed by atoms with van der Waals surface area (Å²) in [5.41, 5.74) is 1.52. The first-order chi connectivity index (χ1) is 11.8. The molecule has 0 aromatic heterocycles. The van der Waals surface area contributed by atoms with Gasteiger partial charge in [-0.15, -0.1) is 0 Å². The second kappa shape index (κ2) is 8.83. The van der Waals surface area contributed by atoms with Gasteiger partial charge in [0.1, 0.15) is 5.78 Å². The number of hydrogen-bond acceptors (Lipinski definition) is 1. The Morgan fingerprint density at radius 2 is 1.58 bits per heavy atom. The van der Waals surface area contributed by atoms with Crippen molar-refractivity contribution in [3.8, 4) is 0 Å². The molecule has 2 aliphatic carbocycles. The molecule has 0 N–H and O–H groups in total. The van der Waals surface area contributed by atoms with E-state index in [-0.39, 0.29) is 0 Å². The molecule has 2 atom stereocenters. The molecular weight excluding hydrogens is 292 g/mol. The molecule has 24 heavy (non-hydrogen) atoms. The molecule has 132 valence electrons. The van der Waals surface area contributed by atoms with E-state index in [0.717, 1.165) is 24.7 Å². The monoisotopic (exact) mass is 326 g/mol. The molecule has 1 nitrogen and oxygen atoms in total. The number of ketones is 1. The Morgan fingerprint density at radius 3 is 2.25 bits per heavy atom. The molecule has 0 aliphatic heterocycles. The van der Waals surface area contributed by atoms with Gasteiger partial charge in [0.2, 0.25) is 0 Å². The Morgan fingerprint density at radius 1 is 0.875 bits per heavy atom. The average molecular weight is 327 g/mol. The van der Waals surface area contributed by atoms with Gasteiger partial charge < -0.3 is 0 Å². The number of carbonyl (C=O) groups excluding carboxylic acids is 1. The fourth-order valence-corrected chi connectivity index (χ4v) is 5.10. The maximum atomic E-state index is 12.5. The van der Waals surface area contributed by atoms with Crippen molar-refractivity contribution in [2.24, 2.45) is 17.8 Å². The summed E-state index contributed by atoms with van der Waals surface area (Å²) in [6, 6.07) is 11.0. The lowest BCUT2D eigenvalue weighted by molar-refractivity contribution is -0.127. The van der Waals surface area contributed by atoms with Gasteiger partial charge in [-0.2, -0.15) is 0 Å². The van der Waals surface area contributed by atoms with Crippen molar-refractivity contribution in [2.75, 3.05) is 0 Å². The minimum Gasteiger partial charge on any atom is -0.299 e. The van der Waals surface area contributed by atoms with E-state index in [1.807, 2.05) is 0 Å². The van der Waals surface area contributed by atoms with E-state index in [2.05, 4.69) is 37.3 Å². The summed E-state index contributed by atoms with van der Waals surface area (Å²) in [4.78, 5) is 12.5. The fraction of sp³-hybridized carbons (Fsp3) is 0.696. The van der Waals surface area contributed by atoms with Crippen LogP contribution in [0.2, 0.25) is 0 Å². The van der Waals surface area contributed by atoms with Crippen LogP contribution in [0.5, 0.6) is 0 Å². The third-order valence-corrected chi connectivity index (χ3v) is 6.67.